The highest BCUT2D eigenvalue weighted by Crippen LogP contribution is 2.22. The van der Waals surface area contributed by atoms with Crippen LogP contribution in [0.4, 0.5) is 11.4 Å². The molecule has 116 valence electrons. The Morgan fingerprint density at radius 1 is 1.38 bits per heavy atom. The molecule has 0 spiro atoms. The van der Waals surface area contributed by atoms with Crippen molar-refractivity contribution in [2.75, 3.05) is 43.8 Å². The number of piperazine rings is 1. The molecule has 0 aliphatic carbocycles. The van der Waals surface area contributed by atoms with Gasteiger partial charge in [-0.15, -0.1) is 0 Å². The summed E-state index contributed by atoms with van der Waals surface area (Å²) in [5.41, 5.74) is 6.90. The summed E-state index contributed by atoms with van der Waals surface area (Å²) in [6, 6.07) is 4.98. The highest BCUT2D eigenvalue weighted by molar-refractivity contribution is 6.33. The van der Waals surface area contributed by atoms with Crippen molar-refractivity contribution in [1.82, 2.24) is 9.80 Å². The summed E-state index contributed by atoms with van der Waals surface area (Å²) in [5.74, 6) is -0.0123. The van der Waals surface area contributed by atoms with Crippen LogP contribution in [0.3, 0.4) is 0 Å². The second-order valence-corrected chi connectivity index (χ2v) is 5.78. The van der Waals surface area contributed by atoms with E-state index < -0.39 is 0 Å². The first kappa shape index (κ1) is 16.1. The second kappa shape index (κ2) is 7.11. The summed E-state index contributed by atoms with van der Waals surface area (Å²) in [6.07, 6.45) is 0. The minimum atomic E-state index is -0.152. The summed E-state index contributed by atoms with van der Waals surface area (Å²) in [4.78, 5) is 16.9. The summed E-state index contributed by atoms with van der Waals surface area (Å²) < 4.78 is 0. The summed E-state index contributed by atoms with van der Waals surface area (Å²) >= 11 is 5.88. The van der Waals surface area contributed by atoms with E-state index in [1.54, 1.807) is 18.2 Å². The maximum atomic E-state index is 12.3. The van der Waals surface area contributed by atoms with E-state index >= 15 is 0 Å². The number of hydrogen-bond acceptors (Lipinski definition) is 4. The van der Waals surface area contributed by atoms with Crippen LogP contribution in [-0.4, -0.2) is 54.5 Å². The van der Waals surface area contributed by atoms with E-state index in [1.165, 1.54) is 0 Å². The third-order valence-electron chi connectivity index (χ3n) is 4.04. The number of rotatable bonds is 4. The van der Waals surface area contributed by atoms with Gasteiger partial charge in [0.1, 0.15) is 0 Å². The van der Waals surface area contributed by atoms with Crippen LogP contribution in [0.25, 0.3) is 0 Å². The Morgan fingerprint density at radius 3 is 2.62 bits per heavy atom. The number of nitrogen functional groups attached to an aromatic ring is 1. The van der Waals surface area contributed by atoms with Crippen molar-refractivity contribution in [3.8, 4) is 0 Å². The lowest BCUT2D eigenvalue weighted by Crippen LogP contribution is -2.52. The van der Waals surface area contributed by atoms with Gasteiger partial charge in [0.05, 0.1) is 16.8 Å². The minimum absolute atomic E-state index is 0.0123. The van der Waals surface area contributed by atoms with Crippen LogP contribution < -0.4 is 11.1 Å². The quantitative estimate of drug-likeness (QED) is 0.834. The Labute approximate surface area is 131 Å². The van der Waals surface area contributed by atoms with E-state index in [4.69, 9.17) is 17.3 Å². The fraction of sp³-hybridized carbons (Fsp3) is 0.533. The standard InChI is InChI=1S/C15H23ClN4O/c1-3-19-6-8-20(9-7-19)11(2)15(21)18-12-4-5-13(16)14(17)10-12/h4-5,10-11H,3,6-9,17H2,1-2H3,(H,18,21). The lowest BCUT2D eigenvalue weighted by molar-refractivity contribution is -0.121. The van der Waals surface area contributed by atoms with Gasteiger partial charge < -0.3 is 16.0 Å². The molecule has 0 bridgehead atoms. The normalized spacial score (nSPS) is 18.4. The van der Waals surface area contributed by atoms with Gasteiger partial charge in [0.25, 0.3) is 0 Å². The number of anilines is 2. The van der Waals surface area contributed by atoms with E-state index in [0.717, 1.165) is 32.7 Å². The Hall–Kier alpha value is -1.30. The lowest BCUT2D eigenvalue weighted by atomic mass is 10.2. The molecule has 0 radical (unpaired) electrons. The fourth-order valence-electron chi connectivity index (χ4n) is 2.50. The summed E-state index contributed by atoms with van der Waals surface area (Å²) in [6.45, 7) is 9.05. The number of carbonyl (C=O) groups is 1. The van der Waals surface area contributed by atoms with Crippen molar-refractivity contribution in [1.29, 1.82) is 0 Å². The molecule has 1 heterocycles. The molecule has 1 unspecified atom stereocenters. The molecule has 0 saturated carbocycles. The molecule has 0 aromatic heterocycles. The third-order valence-corrected chi connectivity index (χ3v) is 4.39. The van der Waals surface area contributed by atoms with E-state index in [-0.39, 0.29) is 11.9 Å². The molecule has 1 amide bonds. The van der Waals surface area contributed by atoms with Gasteiger partial charge in [0.15, 0.2) is 0 Å². The Morgan fingerprint density at radius 2 is 2.05 bits per heavy atom. The van der Waals surface area contributed by atoms with Gasteiger partial charge in [0, 0.05) is 31.9 Å². The predicted molar refractivity (Wildman–Crippen MR) is 87.6 cm³/mol. The van der Waals surface area contributed by atoms with Gasteiger partial charge in [-0.2, -0.15) is 0 Å². The van der Waals surface area contributed by atoms with Crippen molar-refractivity contribution in [3.63, 3.8) is 0 Å². The van der Waals surface area contributed by atoms with E-state index in [9.17, 15) is 4.79 Å². The van der Waals surface area contributed by atoms with Crippen molar-refractivity contribution in [2.45, 2.75) is 19.9 Å². The van der Waals surface area contributed by atoms with Crippen LogP contribution in [0.2, 0.25) is 5.02 Å². The molecule has 5 nitrogen and oxygen atoms in total. The largest absolute Gasteiger partial charge is 0.397 e. The zero-order valence-corrected chi connectivity index (χ0v) is 13.4. The van der Waals surface area contributed by atoms with Gasteiger partial charge in [-0.05, 0) is 31.7 Å². The monoisotopic (exact) mass is 310 g/mol. The number of likely N-dealkylation sites (N-methyl/N-ethyl adjacent to an activating group) is 1. The molecule has 6 heteroatoms. The second-order valence-electron chi connectivity index (χ2n) is 5.37. The highest BCUT2D eigenvalue weighted by Gasteiger charge is 2.25. The topological polar surface area (TPSA) is 61.6 Å². The van der Waals surface area contributed by atoms with Crippen LogP contribution >= 0.6 is 11.6 Å². The maximum absolute atomic E-state index is 12.3. The number of nitrogens with two attached hydrogens (primary N) is 1. The number of amides is 1. The van der Waals surface area contributed by atoms with Crippen molar-refractivity contribution in [2.24, 2.45) is 0 Å². The molecular weight excluding hydrogens is 288 g/mol. The van der Waals surface area contributed by atoms with Gasteiger partial charge in [-0.1, -0.05) is 18.5 Å². The number of nitrogens with one attached hydrogen (secondary N) is 1. The number of carbonyl (C=O) groups excluding carboxylic acids is 1. The van der Waals surface area contributed by atoms with E-state index in [0.29, 0.717) is 16.4 Å². The minimum Gasteiger partial charge on any atom is -0.397 e. The lowest BCUT2D eigenvalue weighted by Gasteiger charge is -2.36. The predicted octanol–water partition coefficient (Wildman–Crippen LogP) is 1.89. The molecule has 1 aromatic rings. The average Bonchev–Trinajstić information content (AvgIpc) is 2.50. The number of nitrogens with zero attached hydrogens (tertiary/aromatic N) is 2. The highest BCUT2D eigenvalue weighted by atomic mass is 35.5. The average molecular weight is 311 g/mol. The van der Waals surface area contributed by atoms with Gasteiger partial charge in [0.2, 0.25) is 5.91 Å². The summed E-state index contributed by atoms with van der Waals surface area (Å²) in [5, 5.41) is 3.40. The van der Waals surface area contributed by atoms with Crippen LogP contribution in [0.5, 0.6) is 0 Å². The molecule has 2 rings (SSSR count). The Kier molecular flexibility index (Phi) is 5.45. The molecule has 3 N–H and O–H groups in total. The summed E-state index contributed by atoms with van der Waals surface area (Å²) in [7, 11) is 0. The van der Waals surface area contributed by atoms with Gasteiger partial charge >= 0.3 is 0 Å². The zero-order chi connectivity index (χ0) is 15.4. The van der Waals surface area contributed by atoms with Crippen molar-refractivity contribution < 1.29 is 4.79 Å². The first-order valence-electron chi connectivity index (χ1n) is 7.33. The van der Waals surface area contributed by atoms with Crippen molar-refractivity contribution in [3.05, 3.63) is 23.2 Å². The first-order chi connectivity index (χ1) is 10.0. The number of halogens is 1. The molecule has 1 aliphatic heterocycles. The van der Waals surface area contributed by atoms with Gasteiger partial charge in [-0.3, -0.25) is 9.69 Å². The molecule has 1 aliphatic rings. The van der Waals surface area contributed by atoms with E-state index in [1.807, 2.05) is 6.92 Å². The fourth-order valence-corrected chi connectivity index (χ4v) is 2.62. The Balaban J connectivity index is 1.92. The molecular formula is C15H23ClN4O. The van der Waals surface area contributed by atoms with Crippen molar-refractivity contribution >= 4 is 28.9 Å². The smallest absolute Gasteiger partial charge is 0.241 e. The molecule has 1 aromatic carbocycles. The van der Waals surface area contributed by atoms with E-state index in [2.05, 4.69) is 22.0 Å². The van der Waals surface area contributed by atoms with Crippen LogP contribution in [-0.2, 0) is 4.79 Å². The molecule has 1 saturated heterocycles. The Bertz CT molecular complexity index is 500. The molecule has 21 heavy (non-hydrogen) atoms. The van der Waals surface area contributed by atoms with Crippen LogP contribution in [0.1, 0.15) is 13.8 Å². The first-order valence-corrected chi connectivity index (χ1v) is 7.71. The third kappa shape index (κ3) is 4.09. The molecule has 1 fully saturated rings. The SMILES string of the molecule is CCN1CCN(C(C)C(=O)Nc2ccc(Cl)c(N)c2)CC1. The van der Waals surface area contributed by atoms with Crippen LogP contribution in [0.15, 0.2) is 18.2 Å². The van der Waals surface area contributed by atoms with Crippen LogP contribution in [0, 0.1) is 0 Å². The zero-order valence-electron chi connectivity index (χ0n) is 12.6. The molecule has 1 atom stereocenters. The number of benzene rings is 1. The maximum Gasteiger partial charge on any atom is 0.241 e. The number of hydrogen-bond donors (Lipinski definition) is 2. The van der Waals surface area contributed by atoms with Gasteiger partial charge in [-0.25, -0.2) is 0 Å².